The van der Waals surface area contributed by atoms with E-state index in [-0.39, 0.29) is 22.3 Å². The summed E-state index contributed by atoms with van der Waals surface area (Å²) in [6.45, 7) is 2.78. The lowest BCUT2D eigenvalue weighted by Gasteiger charge is -2.05. The second-order valence-electron chi connectivity index (χ2n) is 9.78. The first-order chi connectivity index (χ1) is 21.4. The van der Waals surface area contributed by atoms with Gasteiger partial charge in [0.25, 0.3) is 11.4 Å². The van der Waals surface area contributed by atoms with Crippen molar-refractivity contribution < 1.29 is 19.4 Å². The number of carbonyl (C=O) groups excluding carboxylic acids is 1. The lowest BCUT2D eigenvalue weighted by molar-refractivity contribution is -0.384. The molecule has 4 heterocycles. The summed E-state index contributed by atoms with van der Waals surface area (Å²) in [5.41, 5.74) is 5.53. The van der Waals surface area contributed by atoms with Crippen LogP contribution >= 0.6 is 0 Å². The van der Waals surface area contributed by atoms with Crippen LogP contribution in [0.3, 0.4) is 0 Å². The average molecular weight is 593 g/mol. The minimum atomic E-state index is -0.398. The summed E-state index contributed by atoms with van der Waals surface area (Å²) in [6.07, 6.45) is 11.6. The molecular formula is C32H28N6O6. The van der Waals surface area contributed by atoms with Gasteiger partial charge < -0.3 is 14.3 Å². The number of ether oxygens (including phenoxy) is 1. The molecule has 1 N–H and O–H groups in total. The molecule has 0 aliphatic rings. The number of esters is 1. The van der Waals surface area contributed by atoms with Gasteiger partial charge in [0.15, 0.2) is 0 Å². The molecule has 0 unspecified atom stereocenters. The van der Waals surface area contributed by atoms with Gasteiger partial charge in [0, 0.05) is 118 Å². The molecule has 0 saturated heterocycles. The second-order valence-corrected chi connectivity index (χ2v) is 9.78. The van der Waals surface area contributed by atoms with Gasteiger partial charge in [-0.3, -0.25) is 35.0 Å². The van der Waals surface area contributed by atoms with E-state index in [1.807, 2.05) is 41.2 Å². The highest BCUT2D eigenvalue weighted by atomic mass is 16.6. The van der Waals surface area contributed by atoms with Gasteiger partial charge in [-0.05, 0) is 37.6 Å². The average Bonchev–Trinajstić information content (AvgIpc) is 3.63. The monoisotopic (exact) mass is 592 g/mol. The number of benzene rings is 2. The van der Waals surface area contributed by atoms with Gasteiger partial charge in [-0.2, -0.15) is 0 Å². The summed E-state index contributed by atoms with van der Waals surface area (Å²) in [6, 6.07) is 17.1. The second kappa shape index (κ2) is 13.4. The number of nitro groups is 2. The topological polar surface area (TPSA) is 159 Å². The number of carbonyl (C=O) groups is 1. The Balaban J connectivity index is 0.000000186. The Labute approximate surface area is 251 Å². The predicted molar refractivity (Wildman–Crippen MR) is 166 cm³/mol. The van der Waals surface area contributed by atoms with Crippen molar-refractivity contribution in [1.82, 2.24) is 19.5 Å². The van der Waals surface area contributed by atoms with E-state index >= 15 is 0 Å². The van der Waals surface area contributed by atoms with E-state index in [9.17, 15) is 25.0 Å². The number of aromatic amines is 1. The molecule has 222 valence electrons. The molecule has 12 heteroatoms. The number of non-ortho nitro benzene ring substituents is 2. The van der Waals surface area contributed by atoms with E-state index in [0.717, 1.165) is 44.1 Å². The van der Waals surface area contributed by atoms with Gasteiger partial charge in [0.2, 0.25) is 0 Å². The van der Waals surface area contributed by atoms with Crippen molar-refractivity contribution in [2.24, 2.45) is 0 Å². The molecule has 0 aliphatic carbocycles. The highest BCUT2D eigenvalue weighted by Crippen LogP contribution is 2.33. The molecule has 12 nitrogen and oxygen atoms in total. The Hall–Kier alpha value is -5.91. The molecular weight excluding hydrogens is 564 g/mol. The number of hydrogen-bond acceptors (Lipinski definition) is 8. The third-order valence-corrected chi connectivity index (χ3v) is 6.98. The Morgan fingerprint density at radius 1 is 0.886 bits per heavy atom. The molecule has 2 aromatic carbocycles. The van der Waals surface area contributed by atoms with E-state index in [2.05, 4.69) is 15.0 Å². The number of fused-ring (bicyclic) bond motifs is 2. The number of pyridine rings is 2. The third-order valence-electron chi connectivity index (χ3n) is 6.98. The fraction of sp³-hybridized carbons (Fsp3) is 0.156. The highest BCUT2D eigenvalue weighted by molar-refractivity contribution is 5.98. The van der Waals surface area contributed by atoms with E-state index in [1.165, 1.54) is 12.1 Å². The first kappa shape index (κ1) is 29.6. The quantitative estimate of drug-likeness (QED) is 0.106. The molecule has 0 amide bonds. The van der Waals surface area contributed by atoms with Gasteiger partial charge >= 0.3 is 5.97 Å². The SMILES string of the molecule is CCOC(=O)CCCn1cc(-c2cccnc2)c2cc([N+](=O)[O-])ccc21.O=[N+]([O-])c1ccc2[nH]cc(-c3cccnc3)c2c1. The number of hydrogen-bond donors (Lipinski definition) is 1. The molecule has 6 aromatic rings. The van der Waals surface area contributed by atoms with Crippen LogP contribution in [0.1, 0.15) is 19.8 Å². The molecule has 0 bridgehead atoms. The van der Waals surface area contributed by atoms with Crippen molar-refractivity contribution in [1.29, 1.82) is 0 Å². The predicted octanol–water partition coefficient (Wildman–Crippen LogP) is 7.09. The van der Waals surface area contributed by atoms with Crippen LogP contribution in [0.4, 0.5) is 11.4 Å². The first-order valence-electron chi connectivity index (χ1n) is 13.8. The van der Waals surface area contributed by atoms with Crippen LogP contribution in [0.25, 0.3) is 44.1 Å². The van der Waals surface area contributed by atoms with E-state index < -0.39 is 4.92 Å². The molecule has 0 spiro atoms. The number of aryl methyl sites for hydroxylation is 1. The van der Waals surface area contributed by atoms with Gasteiger partial charge in [0.05, 0.1) is 16.5 Å². The number of nitro benzene ring substituents is 2. The molecule has 0 fully saturated rings. The van der Waals surface area contributed by atoms with Crippen molar-refractivity contribution in [3.8, 4) is 22.3 Å². The van der Waals surface area contributed by atoms with Gasteiger partial charge in [-0.15, -0.1) is 0 Å². The number of nitrogens with zero attached hydrogens (tertiary/aromatic N) is 5. The van der Waals surface area contributed by atoms with Crippen LogP contribution in [-0.2, 0) is 16.1 Å². The Bertz CT molecular complexity index is 1940. The maximum absolute atomic E-state index is 11.5. The van der Waals surface area contributed by atoms with Crippen molar-refractivity contribution in [2.45, 2.75) is 26.3 Å². The van der Waals surface area contributed by atoms with Crippen LogP contribution < -0.4 is 0 Å². The third kappa shape index (κ3) is 6.59. The van der Waals surface area contributed by atoms with E-state index in [4.69, 9.17) is 4.74 Å². The van der Waals surface area contributed by atoms with Crippen LogP contribution in [-0.4, -0.2) is 41.9 Å². The van der Waals surface area contributed by atoms with Crippen LogP contribution in [0, 0.1) is 20.2 Å². The zero-order valence-electron chi connectivity index (χ0n) is 23.8. The molecule has 6 rings (SSSR count). The number of aromatic nitrogens is 4. The lowest BCUT2D eigenvalue weighted by Crippen LogP contribution is -2.06. The summed E-state index contributed by atoms with van der Waals surface area (Å²) in [5.74, 6) is -0.216. The van der Waals surface area contributed by atoms with Gasteiger partial charge in [0.1, 0.15) is 0 Å². The van der Waals surface area contributed by atoms with Crippen molar-refractivity contribution in [3.63, 3.8) is 0 Å². The zero-order valence-corrected chi connectivity index (χ0v) is 23.8. The number of nitrogens with one attached hydrogen (secondary N) is 1. The molecule has 0 atom stereocenters. The number of H-pyrrole nitrogens is 1. The molecule has 0 aliphatic heterocycles. The minimum absolute atomic E-state index is 0.0481. The normalized spacial score (nSPS) is 10.8. The Kier molecular flexibility index (Phi) is 8.99. The minimum Gasteiger partial charge on any atom is -0.466 e. The maximum atomic E-state index is 11.5. The smallest absolute Gasteiger partial charge is 0.305 e. The van der Waals surface area contributed by atoms with Crippen molar-refractivity contribution in [3.05, 3.63) is 118 Å². The summed E-state index contributed by atoms with van der Waals surface area (Å²) in [5, 5.41) is 23.6. The van der Waals surface area contributed by atoms with Crippen LogP contribution in [0.5, 0.6) is 0 Å². The summed E-state index contributed by atoms with van der Waals surface area (Å²) in [7, 11) is 0. The largest absolute Gasteiger partial charge is 0.466 e. The Morgan fingerprint density at radius 2 is 1.52 bits per heavy atom. The molecule has 0 saturated carbocycles. The fourth-order valence-electron chi connectivity index (χ4n) is 4.95. The molecule has 44 heavy (non-hydrogen) atoms. The first-order valence-corrected chi connectivity index (χ1v) is 13.8. The highest BCUT2D eigenvalue weighted by Gasteiger charge is 2.15. The van der Waals surface area contributed by atoms with Gasteiger partial charge in [-0.1, -0.05) is 12.1 Å². The van der Waals surface area contributed by atoms with Crippen LogP contribution in [0.15, 0.2) is 97.8 Å². The van der Waals surface area contributed by atoms with Crippen LogP contribution in [0.2, 0.25) is 0 Å². The number of rotatable bonds is 9. The fourth-order valence-corrected chi connectivity index (χ4v) is 4.95. The molecule has 0 radical (unpaired) electrons. The standard InChI is InChI=1S/C19H19N3O4.C13H9N3O2/c1-2-26-19(23)6-4-10-21-13-17(14-5-3-9-20-12-14)16-11-15(22(24)25)7-8-18(16)21;17-16(18)10-3-4-13-11(6-10)12(8-15-13)9-2-1-5-14-7-9/h3,5,7-9,11-13H,2,4,6,10H2,1H3;1-8,15H. The Morgan fingerprint density at radius 3 is 2.14 bits per heavy atom. The van der Waals surface area contributed by atoms with E-state index in [0.29, 0.717) is 26.0 Å². The maximum Gasteiger partial charge on any atom is 0.305 e. The van der Waals surface area contributed by atoms with Crippen molar-refractivity contribution >= 4 is 39.1 Å². The van der Waals surface area contributed by atoms with E-state index in [1.54, 1.807) is 56.0 Å². The lowest BCUT2D eigenvalue weighted by atomic mass is 10.1. The van der Waals surface area contributed by atoms with Gasteiger partial charge in [-0.25, -0.2) is 0 Å². The summed E-state index contributed by atoms with van der Waals surface area (Å²) >= 11 is 0. The molecule has 4 aromatic heterocycles. The zero-order chi connectivity index (χ0) is 31.1. The summed E-state index contributed by atoms with van der Waals surface area (Å²) < 4.78 is 6.97. The van der Waals surface area contributed by atoms with Crippen molar-refractivity contribution in [2.75, 3.05) is 6.61 Å². The summed E-state index contributed by atoms with van der Waals surface area (Å²) in [4.78, 5) is 44.0.